The second-order valence-corrected chi connectivity index (χ2v) is 7.46. The van der Waals surface area contributed by atoms with Gasteiger partial charge in [-0.25, -0.2) is 4.79 Å². The minimum Gasteiger partial charge on any atom is -0.497 e. The molecule has 0 aliphatic rings. The number of nitrogens with one attached hydrogen (secondary N) is 1. The van der Waals surface area contributed by atoms with Gasteiger partial charge in [-0.15, -0.1) is 10.2 Å². The lowest BCUT2D eigenvalue weighted by molar-refractivity contribution is -0.119. The molecule has 0 spiro atoms. The number of aromatic nitrogens is 3. The molecule has 3 amide bonds. The van der Waals surface area contributed by atoms with E-state index in [0.29, 0.717) is 22.5 Å². The number of amides is 3. The van der Waals surface area contributed by atoms with Crippen molar-refractivity contribution >= 4 is 23.7 Å². The molecule has 1 heterocycles. The first-order chi connectivity index (χ1) is 14.4. The number of thioether (sulfide) groups is 1. The van der Waals surface area contributed by atoms with Crippen molar-refractivity contribution in [1.82, 2.24) is 20.1 Å². The summed E-state index contributed by atoms with van der Waals surface area (Å²) in [5, 5.41) is 10.5. The van der Waals surface area contributed by atoms with E-state index < -0.39 is 17.2 Å². The van der Waals surface area contributed by atoms with E-state index in [4.69, 9.17) is 15.2 Å². The molecule has 156 valence electrons. The van der Waals surface area contributed by atoms with Crippen LogP contribution in [0.2, 0.25) is 0 Å². The predicted molar refractivity (Wildman–Crippen MR) is 113 cm³/mol. The quantitative estimate of drug-likeness (QED) is 0.556. The fourth-order valence-corrected chi connectivity index (χ4v) is 3.62. The van der Waals surface area contributed by atoms with E-state index in [-0.39, 0.29) is 0 Å². The zero-order chi connectivity index (χ0) is 21.7. The first kappa shape index (κ1) is 21.2. The van der Waals surface area contributed by atoms with Crippen LogP contribution in [0.3, 0.4) is 0 Å². The van der Waals surface area contributed by atoms with E-state index in [1.807, 2.05) is 53.1 Å². The SMILES string of the molecule is COc1ccc(-n2c(SC(C)C(=O)NC(N)=O)nnc2-c2ccccc2OC)cc1. The summed E-state index contributed by atoms with van der Waals surface area (Å²) in [6, 6.07) is 13.9. The number of primary amides is 1. The smallest absolute Gasteiger partial charge is 0.318 e. The van der Waals surface area contributed by atoms with Gasteiger partial charge in [-0.2, -0.15) is 0 Å². The lowest BCUT2D eigenvalue weighted by atomic mass is 10.2. The zero-order valence-corrected chi connectivity index (χ0v) is 17.5. The van der Waals surface area contributed by atoms with Crippen LogP contribution in [0.1, 0.15) is 6.92 Å². The summed E-state index contributed by atoms with van der Waals surface area (Å²) in [7, 11) is 3.17. The zero-order valence-electron chi connectivity index (χ0n) is 16.7. The highest BCUT2D eigenvalue weighted by Gasteiger charge is 2.23. The topological polar surface area (TPSA) is 121 Å². The fraction of sp³-hybridized carbons (Fsp3) is 0.200. The van der Waals surface area contributed by atoms with Gasteiger partial charge in [-0.3, -0.25) is 14.7 Å². The Morgan fingerprint density at radius 1 is 1.07 bits per heavy atom. The lowest BCUT2D eigenvalue weighted by Crippen LogP contribution is -2.39. The molecule has 10 heteroatoms. The van der Waals surface area contributed by atoms with Crippen LogP contribution in [-0.2, 0) is 4.79 Å². The van der Waals surface area contributed by atoms with Crippen molar-refractivity contribution in [3.8, 4) is 28.6 Å². The number of ether oxygens (including phenoxy) is 2. The maximum atomic E-state index is 12.1. The van der Waals surface area contributed by atoms with Gasteiger partial charge in [0.05, 0.1) is 30.7 Å². The maximum absolute atomic E-state index is 12.1. The molecular formula is C20H21N5O4S. The van der Waals surface area contributed by atoms with E-state index >= 15 is 0 Å². The standard InChI is InChI=1S/C20H21N5O4S/c1-12(18(26)22-19(21)27)30-20-24-23-17(15-6-4-5-7-16(15)29-3)25(20)13-8-10-14(28-2)11-9-13/h4-12H,1-3H3,(H3,21,22,26,27). The number of rotatable bonds is 7. The second kappa shape index (κ2) is 9.31. The van der Waals surface area contributed by atoms with Crippen LogP contribution < -0.4 is 20.5 Å². The molecule has 1 atom stereocenters. The Bertz CT molecular complexity index is 1050. The van der Waals surface area contributed by atoms with Crippen molar-refractivity contribution < 1.29 is 19.1 Å². The number of imide groups is 1. The van der Waals surface area contributed by atoms with Gasteiger partial charge in [-0.05, 0) is 43.3 Å². The Balaban J connectivity index is 2.08. The molecule has 3 rings (SSSR count). The third kappa shape index (κ3) is 4.54. The Hall–Kier alpha value is -3.53. The molecule has 0 fully saturated rings. The minimum absolute atomic E-state index is 0.466. The average Bonchev–Trinajstić information content (AvgIpc) is 3.16. The van der Waals surface area contributed by atoms with Crippen molar-refractivity contribution in [1.29, 1.82) is 0 Å². The van der Waals surface area contributed by atoms with Gasteiger partial charge in [0.15, 0.2) is 11.0 Å². The van der Waals surface area contributed by atoms with Gasteiger partial charge in [0.1, 0.15) is 11.5 Å². The van der Waals surface area contributed by atoms with Gasteiger partial charge < -0.3 is 15.2 Å². The monoisotopic (exact) mass is 427 g/mol. The number of methoxy groups -OCH3 is 2. The van der Waals surface area contributed by atoms with Crippen LogP contribution in [0, 0.1) is 0 Å². The van der Waals surface area contributed by atoms with Crippen LogP contribution in [0.15, 0.2) is 53.7 Å². The second-order valence-electron chi connectivity index (χ2n) is 6.15. The Morgan fingerprint density at radius 3 is 2.40 bits per heavy atom. The Kier molecular flexibility index (Phi) is 6.58. The Labute approximate surface area is 177 Å². The highest BCUT2D eigenvalue weighted by Crippen LogP contribution is 2.34. The summed E-state index contributed by atoms with van der Waals surface area (Å²) >= 11 is 1.15. The molecule has 0 saturated carbocycles. The van der Waals surface area contributed by atoms with E-state index in [1.54, 1.807) is 21.1 Å². The van der Waals surface area contributed by atoms with Crippen molar-refractivity contribution in [2.24, 2.45) is 5.73 Å². The average molecular weight is 427 g/mol. The molecular weight excluding hydrogens is 406 g/mol. The first-order valence-corrected chi connectivity index (χ1v) is 9.82. The highest BCUT2D eigenvalue weighted by molar-refractivity contribution is 8.00. The third-order valence-electron chi connectivity index (χ3n) is 4.21. The molecule has 0 bridgehead atoms. The molecule has 0 aliphatic heterocycles. The molecule has 0 radical (unpaired) electrons. The number of hydrogen-bond acceptors (Lipinski definition) is 7. The lowest BCUT2D eigenvalue weighted by Gasteiger charge is -2.14. The van der Waals surface area contributed by atoms with Gasteiger partial charge in [0.25, 0.3) is 0 Å². The van der Waals surface area contributed by atoms with Gasteiger partial charge in [0, 0.05) is 0 Å². The number of nitrogens with two attached hydrogens (primary N) is 1. The normalized spacial score (nSPS) is 11.6. The Morgan fingerprint density at radius 2 is 1.77 bits per heavy atom. The van der Waals surface area contributed by atoms with Crippen molar-refractivity contribution in [3.63, 3.8) is 0 Å². The maximum Gasteiger partial charge on any atom is 0.318 e. The summed E-state index contributed by atoms with van der Waals surface area (Å²) in [6.45, 7) is 1.65. The number of carbonyl (C=O) groups is 2. The first-order valence-electron chi connectivity index (χ1n) is 8.94. The molecule has 9 nitrogen and oxygen atoms in total. The molecule has 0 saturated heterocycles. The molecule has 3 aromatic rings. The van der Waals surface area contributed by atoms with E-state index in [1.165, 1.54) is 0 Å². The highest BCUT2D eigenvalue weighted by atomic mass is 32.2. The van der Waals surface area contributed by atoms with E-state index in [9.17, 15) is 9.59 Å². The van der Waals surface area contributed by atoms with Gasteiger partial charge in [0.2, 0.25) is 5.91 Å². The predicted octanol–water partition coefficient (Wildman–Crippen LogP) is 2.63. The van der Waals surface area contributed by atoms with Crippen molar-refractivity contribution in [2.75, 3.05) is 14.2 Å². The summed E-state index contributed by atoms with van der Waals surface area (Å²) in [5.74, 6) is 1.36. The summed E-state index contributed by atoms with van der Waals surface area (Å²) in [4.78, 5) is 23.1. The molecule has 30 heavy (non-hydrogen) atoms. The molecule has 3 N–H and O–H groups in total. The van der Waals surface area contributed by atoms with Crippen LogP contribution >= 0.6 is 11.8 Å². The molecule has 0 aliphatic carbocycles. The van der Waals surface area contributed by atoms with Crippen LogP contribution in [0.4, 0.5) is 4.79 Å². The van der Waals surface area contributed by atoms with E-state index in [0.717, 1.165) is 23.0 Å². The van der Waals surface area contributed by atoms with Gasteiger partial charge in [-0.1, -0.05) is 23.9 Å². The molecule has 1 unspecified atom stereocenters. The summed E-state index contributed by atoms with van der Waals surface area (Å²) in [5.41, 5.74) is 6.56. The number of hydrogen-bond donors (Lipinski definition) is 2. The molecule has 1 aromatic heterocycles. The number of nitrogens with zero attached hydrogens (tertiary/aromatic N) is 3. The number of para-hydroxylation sites is 1. The van der Waals surface area contributed by atoms with Gasteiger partial charge >= 0.3 is 6.03 Å². The van der Waals surface area contributed by atoms with Crippen molar-refractivity contribution in [3.05, 3.63) is 48.5 Å². The van der Waals surface area contributed by atoms with Crippen LogP contribution in [0.25, 0.3) is 17.1 Å². The van der Waals surface area contributed by atoms with Crippen molar-refractivity contribution in [2.45, 2.75) is 17.3 Å². The number of carbonyl (C=O) groups excluding carboxylic acids is 2. The van der Waals surface area contributed by atoms with Crippen LogP contribution in [0.5, 0.6) is 11.5 Å². The van der Waals surface area contributed by atoms with E-state index in [2.05, 4.69) is 15.5 Å². The summed E-state index contributed by atoms with van der Waals surface area (Å²) < 4.78 is 12.5. The largest absolute Gasteiger partial charge is 0.497 e. The third-order valence-corrected chi connectivity index (χ3v) is 5.25. The van der Waals surface area contributed by atoms with Crippen LogP contribution in [-0.4, -0.2) is 46.2 Å². The minimum atomic E-state index is -0.904. The fourth-order valence-electron chi connectivity index (χ4n) is 2.75. The number of urea groups is 1. The molecule has 2 aromatic carbocycles. The number of benzene rings is 2. The summed E-state index contributed by atoms with van der Waals surface area (Å²) in [6.07, 6.45) is 0.